The zero-order valence-corrected chi connectivity index (χ0v) is 18.3. The van der Waals surface area contributed by atoms with Crippen LogP contribution in [0.15, 0.2) is 30.3 Å². The third-order valence-electron chi connectivity index (χ3n) is 4.39. The standard InChI is InChI=1S/C20H17ClF2N4O6/c1-10-6-11(2)26(25-10)17-5-4-13(21)18(24-17)19(28)32-9-12-7-15(31-3)16(33-20(22)23)8-14(12)27(29)30/h4-8,20H,9H2,1-3H3. The Balaban J connectivity index is 1.88. The average molecular weight is 483 g/mol. The third kappa shape index (κ3) is 5.34. The van der Waals surface area contributed by atoms with Crippen molar-refractivity contribution in [3.8, 4) is 17.3 Å². The van der Waals surface area contributed by atoms with Gasteiger partial charge in [0.1, 0.15) is 6.61 Å². The Labute approximate surface area is 190 Å². The molecule has 3 rings (SSSR count). The maximum Gasteiger partial charge on any atom is 0.387 e. The van der Waals surface area contributed by atoms with Crippen LogP contribution in [0.2, 0.25) is 5.02 Å². The smallest absolute Gasteiger partial charge is 0.387 e. The lowest BCUT2D eigenvalue weighted by atomic mass is 10.1. The number of hydrogen-bond donors (Lipinski definition) is 0. The highest BCUT2D eigenvalue weighted by Gasteiger charge is 2.24. The van der Waals surface area contributed by atoms with E-state index in [2.05, 4.69) is 14.8 Å². The quantitative estimate of drug-likeness (QED) is 0.263. The molecule has 0 unspecified atom stereocenters. The summed E-state index contributed by atoms with van der Waals surface area (Å²) in [5.74, 6) is -1.37. The van der Waals surface area contributed by atoms with Crippen LogP contribution in [0.5, 0.6) is 11.5 Å². The number of halogens is 3. The summed E-state index contributed by atoms with van der Waals surface area (Å²) in [5, 5.41) is 15.7. The van der Waals surface area contributed by atoms with Crippen LogP contribution < -0.4 is 9.47 Å². The highest BCUT2D eigenvalue weighted by molar-refractivity contribution is 6.33. The molecule has 0 saturated heterocycles. The van der Waals surface area contributed by atoms with E-state index >= 15 is 0 Å². The molecule has 10 nitrogen and oxygen atoms in total. The molecule has 0 amide bonds. The number of ether oxygens (including phenoxy) is 3. The summed E-state index contributed by atoms with van der Waals surface area (Å²) in [6, 6.07) is 6.67. The fourth-order valence-corrected chi connectivity index (χ4v) is 3.17. The molecule has 2 heterocycles. The number of carbonyl (C=O) groups is 1. The Morgan fingerprint density at radius 2 is 1.97 bits per heavy atom. The molecule has 0 fully saturated rings. The van der Waals surface area contributed by atoms with Crippen molar-refractivity contribution >= 4 is 23.3 Å². The molecule has 174 valence electrons. The molecular formula is C20H17ClF2N4O6. The Kier molecular flexibility index (Phi) is 7.07. The van der Waals surface area contributed by atoms with Crippen LogP contribution in [0.3, 0.4) is 0 Å². The van der Waals surface area contributed by atoms with Gasteiger partial charge in [-0.25, -0.2) is 14.5 Å². The third-order valence-corrected chi connectivity index (χ3v) is 4.69. The number of pyridine rings is 1. The van der Waals surface area contributed by atoms with Gasteiger partial charge >= 0.3 is 12.6 Å². The fraction of sp³-hybridized carbons (Fsp3) is 0.250. The average Bonchev–Trinajstić information content (AvgIpc) is 3.09. The maximum absolute atomic E-state index is 12.6. The van der Waals surface area contributed by atoms with E-state index in [0.717, 1.165) is 23.5 Å². The zero-order valence-electron chi connectivity index (χ0n) is 17.5. The molecule has 0 aliphatic carbocycles. The summed E-state index contributed by atoms with van der Waals surface area (Å²) in [4.78, 5) is 27.4. The predicted molar refractivity (Wildman–Crippen MR) is 111 cm³/mol. The zero-order chi connectivity index (χ0) is 24.3. The van der Waals surface area contributed by atoms with E-state index in [1.165, 1.54) is 17.9 Å². The second-order valence-electron chi connectivity index (χ2n) is 6.68. The number of nitro groups is 1. The highest BCUT2D eigenvalue weighted by Crippen LogP contribution is 2.36. The summed E-state index contributed by atoms with van der Waals surface area (Å²) >= 11 is 6.10. The van der Waals surface area contributed by atoms with E-state index in [1.54, 1.807) is 13.0 Å². The van der Waals surface area contributed by atoms with Gasteiger partial charge in [-0.05, 0) is 38.1 Å². The van der Waals surface area contributed by atoms with Gasteiger partial charge in [0.15, 0.2) is 23.0 Å². The first-order valence-corrected chi connectivity index (χ1v) is 9.66. The van der Waals surface area contributed by atoms with Gasteiger partial charge in [-0.2, -0.15) is 13.9 Å². The van der Waals surface area contributed by atoms with E-state index in [-0.39, 0.29) is 22.0 Å². The topological polar surface area (TPSA) is 119 Å². The molecule has 33 heavy (non-hydrogen) atoms. The predicted octanol–water partition coefficient (Wildman–Crippen LogP) is 4.41. The fourth-order valence-electron chi connectivity index (χ4n) is 2.99. The molecular weight excluding hydrogens is 466 g/mol. The summed E-state index contributed by atoms with van der Waals surface area (Å²) in [6.45, 7) is -0.192. The number of esters is 1. The lowest BCUT2D eigenvalue weighted by molar-refractivity contribution is -0.386. The van der Waals surface area contributed by atoms with E-state index in [1.807, 2.05) is 13.0 Å². The number of methoxy groups -OCH3 is 1. The second-order valence-corrected chi connectivity index (χ2v) is 7.09. The number of carbonyl (C=O) groups excluding carboxylic acids is 1. The molecule has 13 heteroatoms. The van der Waals surface area contributed by atoms with Crippen LogP contribution in [-0.2, 0) is 11.3 Å². The minimum absolute atomic E-state index is 0.00181. The number of alkyl halides is 2. The minimum Gasteiger partial charge on any atom is -0.493 e. The van der Waals surface area contributed by atoms with Crippen molar-refractivity contribution in [3.63, 3.8) is 0 Å². The van der Waals surface area contributed by atoms with Crippen LogP contribution in [0.4, 0.5) is 14.5 Å². The molecule has 1 aromatic carbocycles. The van der Waals surface area contributed by atoms with Gasteiger partial charge in [0, 0.05) is 5.69 Å². The molecule has 0 N–H and O–H groups in total. The van der Waals surface area contributed by atoms with Crippen molar-refractivity contribution in [2.24, 2.45) is 0 Å². The Hall–Kier alpha value is -3.80. The van der Waals surface area contributed by atoms with Gasteiger partial charge in [0.05, 0.1) is 34.4 Å². The van der Waals surface area contributed by atoms with Gasteiger partial charge in [0.25, 0.3) is 5.69 Å². The molecule has 0 aliphatic heterocycles. The van der Waals surface area contributed by atoms with Crippen LogP contribution in [0.1, 0.15) is 27.4 Å². The molecule has 0 saturated carbocycles. The monoisotopic (exact) mass is 482 g/mol. The number of nitrogens with zero attached hydrogens (tertiary/aromatic N) is 4. The lowest BCUT2D eigenvalue weighted by Crippen LogP contribution is -2.12. The minimum atomic E-state index is -3.22. The summed E-state index contributed by atoms with van der Waals surface area (Å²) in [5.41, 5.74) is 0.575. The first-order valence-electron chi connectivity index (χ1n) is 9.28. The first kappa shape index (κ1) is 23.9. The molecule has 2 aromatic heterocycles. The van der Waals surface area contributed by atoms with Gasteiger partial charge in [-0.15, -0.1) is 0 Å². The molecule has 0 radical (unpaired) electrons. The maximum atomic E-state index is 12.6. The Bertz CT molecular complexity index is 1220. The number of aromatic nitrogens is 3. The number of rotatable bonds is 8. The van der Waals surface area contributed by atoms with Gasteiger partial charge in [0.2, 0.25) is 0 Å². The van der Waals surface area contributed by atoms with E-state index < -0.39 is 35.5 Å². The van der Waals surface area contributed by atoms with Crippen LogP contribution in [0.25, 0.3) is 5.82 Å². The number of nitro benzene ring substituents is 1. The first-order chi connectivity index (χ1) is 15.6. The number of hydrogen-bond acceptors (Lipinski definition) is 8. The van der Waals surface area contributed by atoms with Crippen molar-refractivity contribution in [1.82, 2.24) is 14.8 Å². The molecule has 3 aromatic rings. The summed E-state index contributed by atoms with van der Waals surface area (Å²) in [6.07, 6.45) is 0. The largest absolute Gasteiger partial charge is 0.493 e. The van der Waals surface area contributed by atoms with Gasteiger partial charge in [-0.3, -0.25) is 10.1 Å². The lowest BCUT2D eigenvalue weighted by Gasteiger charge is -2.13. The Morgan fingerprint density at radius 3 is 2.55 bits per heavy atom. The van der Waals surface area contributed by atoms with Gasteiger partial charge < -0.3 is 14.2 Å². The van der Waals surface area contributed by atoms with Crippen molar-refractivity contribution < 1.29 is 32.7 Å². The van der Waals surface area contributed by atoms with Crippen LogP contribution >= 0.6 is 11.6 Å². The van der Waals surface area contributed by atoms with Crippen molar-refractivity contribution in [1.29, 1.82) is 0 Å². The number of aryl methyl sites for hydroxylation is 2. The summed E-state index contributed by atoms with van der Waals surface area (Å²) < 4.78 is 41.1. The SMILES string of the molecule is COc1cc(COC(=O)c2nc(-n3nc(C)cc3C)ccc2Cl)c([N+](=O)[O-])cc1OC(F)F. The highest BCUT2D eigenvalue weighted by atomic mass is 35.5. The van der Waals surface area contributed by atoms with Crippen molar-refractivity contribution in [2.75, 3.05) is 7.11 Å². The van der Waals surface area contributed by atoms with E-state index in [4.69, 9.17) is 21.1 Å². The molecule has 0 atom stereocenters. The van der Waals surface area contributed by atoms with Crippen LogP contribution in [-0.4, -0.2) is 39.4 Å². The van der Waals surface area contributed by atoms with Gasteiger partial charge in [-0.1, -0.05) is 11.6 Å². The van der Waals surface area contributed by atoms with Crippen molar-refractivity contribution in [3.05, 3.63) is 68.1 Å². The molecule has 0 bridgehead atoms. The second kappa shape index (κ2) is 9.77. The molecule has 0 spiro atoms. The number of benzene rings is 1. The Morgan fingerprint density at radius 1 is 1.24 bits per heavy atom. The summed E-state index contributed by atoms with van der Waals surface area (Å²) in [7, 11) is 1.17. The van der Waals surface area contributed by atoms with Crippen LogP contribution in [0, 0.1) is 24.0 Å². The van der Waals surface area contributed by atoms with Crippen molar-refractivity contribution in [2.45, 2.75) is 27.1 Å². The van der Waals surface area contributed by atoms with E-state index in [9.17, 15) is 23.7 Å². The molecule has 0 aliphatic rings. The normalized spacial score (nSPS) is 10.9. The van der Waals surface area contributed by atoms with E-state index in [0.29, 0.717) is 5.82 Å².